The van der Waals surface area contributed by atoms with Gasteiger partial charge in [0.2, 0.25) is 5.91 Å². The number of thioether (sulfide) groups is 1. The van der Waals surface area contributed by atoms with Crippen LogP contribution < -0.4 is 10.6 Å². The monoisotopic (exact) mass is 290 g/mol. The number of carbonyl (C=O) groups is 2. The van der Waals surface area contributed by atoms with Gasteiger partial charge >= 0.3 is 6.09 Å². The van der Waals surface area contributed by atoms with Crippen LogP contribution in [0.4, 0.5) is 4.79 Å². The Balaban J connectivity index is 4.03. The lowest BCUT2D eigenvalue weighted by Gasteiger charge is -2.22. The van der Waals surface area contributed by atoms with Crippen LogP contribution in [0.5, 0.6) is 0 Å². The van der Waals surface area contributed by atoms with Crippen molar-refractivity contribution in [1.82, 2.24) is 10.6 Å². The third-order valence-corrected chi connectivity index (χ3v) is 3.10. The van der Waals surface area contributed by atoms with Gasteiger partial charge in [-0.3, -0.25) is 4.79 Å². The summed E-state index contributed by atoms with van der Waals surface area (Å²) in [6, 6.07) is -0.601. The number of hydrogen-bond acceptors (Lipinski definition) is 4. The maximum Gasteiger partial charge on any atom is 0.408 e. The van der Waals surface area contributed by atoms with Crippen molar-refractivity contribution in [3.8, 4) is 0 Å². The summed E-state index contributed by atoms with van der Waals surface area (Å²) in [5, 5.41) is 5.33. The number of carbonyl (C=O) groups excluding carboxylic acids is 2. The van der Waals surface area contributed by atoms with E-state index in [4.69, 9.17) is 4.74 Å². The Morgan fingerprint density at radius 3 is 2.32 bits per heavy atom. The first-order valence-electron chi connectivity index (χ1n) is 6.42. The van der Waals surface area contributed by atoms with Gasteiger partial charge in [0.15, 0.2) is 0 Å². The van der Waals surface area contributed by atoms with Crippen molar-refractivity contribution in [3.63, 3.8) is 0 Å². The topological polar surface area (TPSA) is 67.4 Å². The van der Waals surface area contributed by atoms with Crippen LogP contribution in [0.2, 0.25) is 0 Å². The fourth-order valence-corrected chi connectivity index (χ4v) is 2.01. The average Bonchev–Trinajstić information content (AvgIpc) is 2.23. The smallest absolute Gasteiger partial charge is 0.408 e. The summed E-state index contributed by atoms with van der Waals surface area (Å²) in [5.74, 6) is 1.21. The van der Waals surface area contributed by atoms with Crippen molar-refractivity contribution in [2.24, 2.45) is 5.92 Å². The van der Waals surface area contributed by atoms with Gasteiger partial charge in [-0.05, 0) is 45.6 Å². The highest BCUT2D eigenvalue weighted by Crippen LogP contribution is 2.07. The maximum atomic E-state index is 11.8. The van der Waals surface area contributed by atoms with Gasteiger partial charge in [0.05, 0.1) is 0 Å². The lowest BCUT2D eigenvalue weighted by molar-refractivity contribution is -0.122. The van der Waals surface area contributed by atoms with E-state index in [1.807, 2.05) is 6.26 Å². The Bertz CT molecular complexity index is 303. The van der Waals surface area contributed by atoms with Gasteiger partial charge in [-0.15, -0.1) is 0 Å². The summed E-state index contributed by atoms with van der Waals surface area (Å²) in [4.78, 5) is 23.3. The molecule has 0 radical (unpaired) electrons. The third kappa shape index (κ3) is 9.64. The quantitative estimate of drug-likeness (QED) is 0.785. The van der Waals surface area contributed by atoms with Gasteiger partial charge in [0.25, 0.3) is 0 Å². The molecule has 19 heavy (non-hydrogen) atoms. The van der Waals surface area contributed by atoms with Crippen LogP contribution >= 0.6 is 11.8 Å². The van der Waals surface area contributed by atoms with E-state index < -0.39 is 17.7 Å². The molecule has 0 aromatic rings. The predicted molar refractivity (Wildman–Crippen MR) is 79.4 cm³/mol. The van der Waals surface area contributed by atoms with E-state index in [9.17, 15) is 9.59 Å². The van der Waals surface area contributed by atoms with Crippen molar-refractivity contribution in [2.45, 2.75) is 46.3 Å². The van der Waals surface area contributed by atoms with Gasteiger partial charge in [-0.2, -0.15) is 11.8 Å². The van der Waals surface area contributed by atoms with Crippen LogP contribution in [0.25, 0.3) is 0 Å². The molecule has 2 atom stereocenters. The second kappa shape index (κ2) is 8.30. The maximum absolute atomic E-state index is 11.8. The third-order valence-electron chi connectivity index (χ3n) is 2.20. The van der Waals surface area contributed by atoms with E-state index in [1.165, 1.54) is 0 Å². The number of ether oxygens (including phenoxy) is 1. The number of nitrogens with one attached hydrogen (secondary N) is 2. The minimum atomic E-state index is -0.601. The molecule has 0 aliphatic heterocycles. The number of alkyl carbamates (subject to hydrolysis) is 1. The molecule has 0 heterocycles. The second-order valence-corrected chi connectivity index (χ2v) is 6.58. The van der Waals surface area contributed by atoms with Gasteiger partial charge in [-0.25, -0.2) is 4.79 Å². The van der Waals surface area contributed by atoms with Crippen molar-refractivity contribution >= 4 is 23.8 Å². The molecular weight excluding hydrogens is 264 g/mol. The van der Waals surface area contributed by atoms with Gasteiger partial charge in [0.1, 0.15) is 11.6 Å². The molecule has 2 unspecified atom stereocenters. The zero-order valence-electron chi connectivity index (χ0n) is 12.7. The Morgan fingerprint density at radius 2 is 1.84 bits per heavy atom. The molecule has 2 amide bonds. The summed E-state index contributed by atoms with van der Waals surface area (Å²) in [6.45, 7) is 9.66. The Hall–Kier alpha value is -0.910. The molecule has 0 saturated heterocycles. The molecule has 5 nitrogen and oxygen atoms in total. The number of hydrogen-bond donors (Lipinski definition) is 2. The molecule has 0 aromatic carbocycles. The molecule has 0 bridgehead atoms. The Kier molecular flexibility index (Phi) is 7.90. The average molecular weight is 290 g/mol. The summed E-state index contributed by atoms with van der Waals surface area (Å²) >= 11 is 1.75. The standard InChI is InChI=1S/C13H26N2O3S/c1-9(8-19-6)7-14-11(16)10(2)15-12(17)18-13(3,4)5/h9-10H,7-8H2,1-6H3,(H,14,16)(H,15,17). The summed E-state index contributed by atoms with van der Waals surface area (Å²) in [5.41, 5.74) is -0.562. The summed E-state index contributed by atoms with van der Waals surface area (Å²) in [7, 11) is 0. The molecule has 0 aliphatic carbocycles. The highest BCUT2D eigenvalue weighted by molar-refractivity contribution is 7.98. The molecule has 2 N–H and O–H groups in total. The first kappa shape index (κ1) is 18.1. The first-order valence-corrected chi connectivity index (χ1v) is 7.81. The zero-order valence-corrected chi connectivity index (χ0v) is 13.5. The van der Waals surface area contributed by atoms with E-state index >= 15 is 0 Å². The van der Waals surface area contributed by atoms with Crippen LogP contribution in [-0.4, -0.2) is 42.2 Å². The van der Waals surface area contributed by atoms with Crippen molar-refractivity contribution in [2.75, 3.05) is 18.6 Å². The lowest BCUT2D eigenvalue weighted by atomic mass is 10.2. The van der Waals surface area contributed by atoms with Crippen LogP contribution in [0, 0.1) is 5.92 Å². The summed E-state index contributed by atoms with van der Waals surface area (Å²) < 4.78 is 5.09. The van der Waals surface area contributed by atoms with Crippen molar-refractivity contribution in [1.29, 1.82) is 0 Å². The molecule has 6 heteroatoms. The van der Waals surface area contributed by atoms with Crippen LogP contribution in [-0.2, 0) is 9.53 Å². The first-order chi connectivity index (χ1) is 8.65. The van der Waals surface area contributed by atoms with Crippen LogP contribution in [0.15, 0.2) is 0 Å². The van der Waals surface area contributed by atoms with E-state index in [2.05, 4.69) is 17.6 Å². The fraction of sp³-hybridized carbons (Fsp3) is 0.846. The number of amides is 2. The molecule has 0 fully saturated rings. The van der Waals surface area contributed by atoms with E-state index in [-0.39, 0.29) is 5.91 Å². The fourth-order valence-electron chi connectivity index (χ4n) is 1.32. The second-order valence-electron chi connectivity index (χ2n) is 5.67. The number of rotatable bonds is 6. The molecular formula is C13H26N2O3S. The van der Waals surface area contributed by atoms with Gasteiger partial charge in [0, 0.05) is 6.54 Å². The predicted octanol–water partition coefficient (Wildman–Crippen LogP) is 2.01. The molecule has 112 valence electrons. The SMILES string of the molecule is CSCC(C)CNC(=O)C(C)NC(=O)OC(C)(C)C. The Labute approximate surface area is 120 Å². The Morgan fingerprint density at radius 1 is 1.26 bits per heavy atom. The molecule has 0 aliphatic rings. The van der Waals surface area contributed by atoms with E-state index in [0.717, 1.165) is 5.75 Å². The zero-order chi connectivity index (χ0) is 15.1. The lowest BCUT2D eigenvalue weighted by Crippen LogP contribution is -2.47. The molecule has 0 rings (SSSR count). The summed E-state index contributed by atoms with van der Waals surface area (Å²) in [6.07, 6.45) is 1.46. The molecule has 0 saturated carbocycles. The van der Waals surface area contributed by atoms with Gasteiger partial charge in [-0.1, -0.05) is 6.92 Å². The van der Waals surface area contributed by atoms with E-state index in [0.29, 0.717) is 12.5 Å². The highest BCUT2D eigenvalue weighted by Gasteiger charge is 2.20. The normalized spacial score (nSPS) is 14.4. The van der Waals surface area contributed by atoms with Crippen molar-refractivity contribution in [3.05, 3.63) is 0 Å². The van der Waals surface area contributed by atoms with Crippen molar-refractivity contribution < 1.29 is 14.3 Å². The molecule has 0 aromatic heterocycles. The van der Waals surface area contributed by atoms with Crippen LogP contribution in [0.3, 0.4) is 0 Å². The van der Waals surface area contributed by atoms with Gasteiger partial charge < -0.3 is 15.4 Å². The van der Waals surface area contributed by atoms with Crippen LogP contribution in [0.1, 0.15) is 34.6 Å². The molecule has 0 spiro atoms. The minimum absolute atomic E-state index is 0.196. The highest BCUT2D eigenvalue weighted by atomic mass is 32.2. The largest absolute Gasteiger partial charge is 0.444 e. The minimum Gasteiger partial charge on any atom is -0.444 e. The van der Waals surface area contributed by atoms with E-state index in [1.54, 1.807) is 39.5 Å².